The van der Waals surface area contributed by atoms with Crippen LogP contribution in [0.4, 0.5) is 0 Å². The fourth-order valence-corrected chi connectivity index (χ4v) is 2.77. The lowest BCUT2D eigenvalue weighted by Crippen LogP contribution is -2.31. The summed E-state index contributed by atoms with van der Waals surface area (Å²) in [6.07, 6.45) is 1.88. The number of hydrogen-bond donors (Lipinski definition) is 0. The summed E-state index contributed by atoms with van der Waals surface area (Å²) in [6, 6.07) is 15.0. The third-order valence-electron chi connectivity index (χ3n) is 5.04. The predicted octanol–water partition coefficient (Wildman–Crippen LogP) is 5.34. The minimum atomic E-state index is -0.0932. The summed E-state index contributed by atoms with van der Waals surface area (Å²) in [5.74, 6) is 0.582. The van der Waals surface area contributed by atoms with Gasteiger partial charge in [-0.3, -0.25) is 4.98 Å². The van der Waals surface area contributed by atoms with Crippen LogP contribution in [-0.4, -0.2) is 4.98 Å². The standard InChI is InChI=1S/C20H27N/c1-15(2)19(3,4)16-11-7-8-12-17(16)20(5,6)18-13-9-10-14-21-18/h7-15H,1-6H3. The fraction of sp³-hybridized carbons (Fsp3) is 0.450. The SMILES string of the molecule is CC(C)C(C)(C)c1ccccc1C(C)(C)c1ccccn1. The van der Waals surface area contributed by atoms with Gasteiger partial charge in [-0.2, -0.15) is 0 Å². The molecule has 1 heteroatoms. The Morgan fingerprint density at radius 2 is 1.38 bits per heavy atom. The molecule has 0 bridgehead atoms. The molecule has 1 aromatic carbocycles. The van der Waals surface area contributed by atoms with Crippen LogP contribution in [0.5, 0.6) is 0 Å². The van der Waals surface area contributed by atoms with E-state index in [0.29, 0.717) is 5.92 Å². The van der Waals surface area contributed by atoms with E-state index in [1.165, 1.54) is 11.1 Å². The smallest absolute Gasteiger partial charge is 0.0503 e. The monoisotopic (exact) mass is 281 g/mol. The molecule has 0 N–H and O–H groups in total. The van der Waals surface area contributed by atoms with Crippen molar-refractivity contribution in [1.29, 1.82) is 0 Å². The summed E-state index contributed by atoms with van der Waals surface area (Å²) in [5, 5.41) is 0. The van der Waals surface area contributed by atoms with E-state index in [0.717, 1.165) is 5.69 Å². The molecule has 0 fully saturated rings. The second-order valence-electron chi connectivity index (χ2n) is 7.26. The Balaban J connectivity index is 2.60. The van der Waals surface area contributed by atoms with Crippen LogP contribution in [0.25, 0.3) is 0 Å². The van der Waals surface area contributed by atoms with E-state index in [2.05, 4.69) is 82.9 Å². The maximum atomic E-state index is 4.59. The van der Waals surface area contributed by atoms with Gasteiger partial charge in [0.15, 0.2) is 0 Å². The normalized spacial score (nSPS) is 12.7. The first kappa shape index (κ1) is 15.8. The number of pyridine rings is 1. The zero-order valence-electron chi connectivity index (χ0n) is 14.1. The summed E-state index contributed by atoms with van der Waals surface area (Å²) < 4.78 is 0. The molecular weight excluding hydrogens is 254 g/mol. The summed E-state index contributed by atoms with van der Waals surface area (Å²) in [6.45, 7) is 13.8. The number of benzene rings is 1. The highest BCUT2D eigenvalue weighted by Gasteiger charge is 2.33. The first-order valence-electron chi connectivity index (χ1n) is 7.79. The maximum absolute atomic E-state index is 4.59. The Morgan fingerprint density at radius 3 is 1.90 bits per heavy atom. The molecule has 0 radical (unpaired) electrons. The first-order valence-corrected chi connectivity index (χ1v) is 7.79. The average Bonchev–Trinajstić information content (AvgIpc) is 2.48. The van der Waals surface area contributed by atoms with Gasteiger partial charge in [-0.05, 0) is 34.6 Å². The fourth-order valence-electron chi connectivity index (χ4n) is 2.77. The van der Waals surface area contributed by atoms with Gasteiger partial charge in [-0.15, -0.1) is 0 Å². The van der Waals surface area contributed by atoms with Crippen molar-refractivity contribution in [3.8, 4) is 0 Å². The van der Waals surface area contributed by atoms with Crippen molar-refractivity contribution in [2.45, 2.75) is 52.4 Å². The zero-order chi connectivity index (χ0) is 15.7. The average molecular weight is 281 g/mol. The first-order chi connectivity index (χ1) is 9.78. The minimum Gasteiger partial charge on any atom is -0.260 e. The Morgan fingerprint density at radius 1 is 0.810 bits per heavy atom. The van der Waals surface area contributed by atoms with Crippen molar-refractivity contribution in [1.82, 2.24) is 4.98 Å². The van der Waals surface area contributed by atoms with Gasteiger partial charge in [-0.1, -0.05) is 71.9 Å². The number of hydrogen-bond acceptors (Lipinski definition) is 1. The lowest BCUT2D eigenvalue weighted by atomic mass is 9.68. The number of rotatable bonds is 4. The van der Waals surface area contributed by atoms with E-state index < -0.39 is 0 Å². The Bertz CT molecular complexity index is 594. The largest absolute Gasteiger partial charge is 0.260 e. The second kappa shape index (κ2) is 5.63. The second-order valence-corrected chi connectivity index (χ2v) is 7.26. The molecule has 0 unspecified atom stereocenters. The topological polar surface area (TPSA) is 12.9 Å². The molecule has 112 valence electrons. The summed E-state index contributed by atoms with van der Waals surface area (Å²) >= 11 is 0. The van der Waals surface area contributed by atoms with Crippen LogP contribution in [0.15, 0.2) is 48.7 Å². The van der Waals surface area contributed by atoms with Crippen LogP contribution in [0.3, 0.4) is 0 Å². The molecule has 0 amide bonds. The van der Waals surface area contributed by atoms with Crippen molar-refractivity contribution < 1.29 is 0 Å². The van der Waals surface area contributed by atoms with E-state index in [4.69, 9.17) is 0 Å². The Kier molecular flexibility index (Phi) is 4.22. The molecule has 0 aliphatic rings. The summed E-state index contributed by atoms with van der Waals surface area (Å²) in [4.78, 5) is 4.59. The zero-order valence-corrected chi connectivity index (χ0v) is 14.1. The molecule has 0 aliphatic heterocycles. The minimum absolute atomic E-state index is 0.0932. The molecule has 0 atom stereocenters. The molecule has 21 heavy (non-hydrogen) atoms. The van der Waals surface area contributed by atoms with Crippen molar-refractivity contribution in [2.24, 2.45) is 5.92 Å². The lowest BCUT2D eigenvalue weighted by Gasteiger charge is -2.36. The number of nitrogens with zero attached hydrogens (tertiary/aromatic N) is 1. The van der Waals surface area contributed by atoms with Crippen LogP contribution < -0.4 is 0 Å². The van der Waals surface area contributed by atoms with Gasteiger partial charge in [0.25, 0.3) is 0 Å². The predicted molar refractivity (Wildman–Crippen MR) is 90.7 cm³/mol. The quantitative estimate of drug-likeness (QED) is 0.737. The van der Waals surface area contributed by atoms with Crippen LogP contribution >= 0.6 is 0 Å². The summed E-state index contributed by atoms with van der Waals surface area (Å²) in [5.41, 5.74) is 3.97. The van der Waals surface area contributed by atoms with Crippen LogP contribution in [0, 0.1) is 5.92 Å². The molecule has 0 aliphatic carbocycles. The van der Waals surface area contributed by atoms with Crippen LogP contribution in [0.1, 0.15) is 58.4 Å². The Labute approximate surface area is 129 Å². The lowest BCUT2D eigenvalue weighted by molar-refractivity contribution is 0.364. The molecule has 2 aromatic rings. The molecule has 1 nitrogen and oxygen atoms in total. The van der Waals surface area contributed by atoms with Crippen molar-refractivity contribution in [2.75, 3.05) is 0 Å². The van der Waals surface area contributed by atoms with Gasteiger partial charge in [0.2, 0.25) is 0 Å². The van der Waals surface area contributed by atoms with E-state index in [1.54, 1.807) is 0 Å². The summed E-state index contributed by atoms with van der Waals surface area (Å²) in [7, 11) is 0. The van der Waals surface area contributed by atoms with Gasteiger partial charge in [0, 0.05) is 11.6 Å². The van der Waals surface area contributed by atoms with E-state index in [9.17, 15) is 0 Å². The molecule has 1 heterocycles. The molecule has 1 aromatic heterocycles. The van der Waals surface area contributed by atoms with E-state index >= 15 is 0 Å². The highest BCUT2D eigenvalue weighted by molar-refractivity contribution is 5.43. The molecule has 0 saturated heterocycles. The van der Waals surface area contributed by atoms with E-state index in [-0.39, 0.29) is 10.8 Å². The highest BCUT2D eigenvalue weighted by Crippen LogP contribution is 2.40. The molecule has 2 rings (SSSR count). The van der Waals surface area contributed by atoms with Crippen molar-refractivity contribution >= 4 is 0 Å². The molecular formula is C20H27N. The van der Waals surface area contributed by atoms with Gasteiger partial charge in [-0.25, -0.2) is 0 Å². The van der Waals surface area contributed by atoms with Crippen LogP contribution in [-0.2, 0) is 10.8 Å². The van der Waals surface area contributed by atoms with Crippen molar-refractivity contribution in [3.05, 3.63) is 65.5 Å². The third kappa shape index (κ3) is 2.88. The molecule has 0 spiro atoms. The molecule has 0 saturated carbocycles. The van der Waals surface area contributed by atoms with Gasteiger partial charge in [0.1, 0.15) is 0 Å². The number of aromatic nitrogens is 1. The highest BCUT2D eigenvalue weighted by atomic mass is 14.7. The maximum Gasteiger partial charge on any atom is 0.0503 e. The van der Waals surface area contributed by atoms with Gasteiger partial charge < -0.3 is 0 Å². The van der Waals surface area contributed by atoms with Gasteiger partial charge >= 0.3 is 0 Å². The Hall–Kier alpha value is -1.63. The van der Waals surface area contributed by atoms with Crippen molar-refractivity contribution in [3.63, 3.8) is 0 Å². The van der Waals surface area contributed by atoms with Gasteiger partial charge in [0.05, 0.1) is 5.69 Å². The third-order valence-corrected chi connectivity index (χ3v) is 5.04. The van der Waals surface area contributed by atoms with E-state index in [1.807, 2.05) is 12.3 Å². The van der Waals surface area contributed by atoms with Crippen LogP contribution in [0.2, 0.25) is 0 Å².